The van der Waals surface area contributed by atoms with Gasteiger partial charge in [0.1, 0.15) is 6.54 Å². The van der Waals surface area contributed by atoms with Gasteiger partial charge in [-0.05, 0) is 13.8 Å². The first-order valence-electron chi connectivity index (χ1n) is 5.71. The minimum atomic E-state index is -0.954. The summed E-state index contributed by atoms with van der Waals surface area (Å²) < 4.78 is 0. The van der Waals surface area contributed by atoms with Crippen LogP contribution in [0.5, 0.6) is 0 Å². The van der Waals surface area contributed by atoms with Crippen LogP contribution >= 0.6 is 11.8 Å². The molecule has 0 aromatic heterocycles. The van der Waals surface area contributed by atoms with Gasteiger partial charge in [0.15, 0.2) is 0 Å². The minimum absolute atomic E-state index is 0.141. The second-order valence-electron chi connectivity index (χ2n) is 4.17. The molecule has 0 atom stereocenters. The van der Waals surface area contributed by atoms with Gasteiger partial charge in [-0.2, -0.15) is 0 Å². The van der Waals surface area contributed by atoms with E-state index in [1.807, 2.05) is 5.43 Å². The fraction of sp³-hybridized carbons (Fsp3) is 0.600. The van der Waals surface area contributed by atoms with E-state index in [1.54, 1.807) is 13.8 Å². The number of thioether (sulfide) groups is 1. The average molecular weight is 288 g/mol. The quantitative estimate of drug-likeness (QED) is 0.448. The van der Waals surface area contributed by atoms with E-state index in [2.05, 4.69) is 10.7 Å². The third-order valence-electron chi connectivity index (χ3n) is 2.12. The van der Waals surface area contributed by atoms with Gasteiger partial charge < -0.3 is 10.2 Å². The molecule has 0 bridgehead atoms. The number of carbonyl (C=O) groups is 4. The smallest absolute Gasteiger partial charge is 0.327 e. The molecule has 4 amide bonds. The molecule has 1 aliphatic rings. The van der Waals surface area contributed by atoms with Crippen LogP contribution in [0.15, 0.2) is 0 Å². The molecule has 0 spiro atoms. The molecule has 3 N–H and O–H groups in total. The molecule has 8 nitrogen and oxygen atoms in total. The highest BCUT2D eigenvalue weighted by molar-refractivity contribution is 8.13. The summed E-state index contributed by atoms with van der Waals surface area (Å²) >= 11 is 1.14. The first-order valence-corrected chi connectivity index (χ1v) is 6.70. The van der Waals surface area contributed by atoms with E-state index < -0.39 is 17.7 Å². The number of hydrazine groups is 1. The molecule has 19 heavy (non-hydrogen) atoms. The molecule has 106 valence electrons. The predicted molar refractivity (Wildman–Crippen MR) is 69.0 cm³/mol. The molecule has 0 aromatic rings. The SMILES string of the molecule is CC(C)NC(=O)C(=O)NNC(=O)CN1CCSC1=O. The molecule has 0 aromatic carbocycles. The second-order valence-corrected chi connectivity index (χ2v) is 5.21. The summed E-state index contributed by atoms with van der Waals surface area (Å²) in [5.41, 5.74) is 4.06. The van der Waals surface area contributed by atoms with Crippen LogP contribution in [-0.4, -0.2) is 52.7 Å². The van der Waals surface area contributed by atoms with Gasteiger partial charge in [0, 0.05) is 18.3 Å². The number of nitrogens with one attached hydrogen (secondary N) is 3. The summed E-state index contributed by atoms with van der Waals surface area (Å²) in [5.74, 6) is -1.69. The molecular weight excluding hydrogens is 272 g/mol. The molecule has 1 saturated heterocycles. The van der Waals surface area contributed by atoms with Gasteiger partial charge in [-0.3, -0.25) is 30.0 Å². The third kappa shape index (κ3) is 5.16. The first-order chi connectivity index (χ1) is 8.90. The predicted octanol–water partition coefficient (Wildman–Crippen LogP) is -1.17. The van der Waals surface area contributed by atoms with Crippen LogP contribution in [0.25, 0.3) is 0 Å². The van der Waals surface area contributed by atoms with Crippen molar-refractivity contribution >= 4 is 34.7 Å². The van der Waals surface area contributed by atoms with Gasteiger partial charge in [0.25, 0.3) is 11.1 Å². The first kappa shape index (κ1) is 15.3. The van der Waals surface area contributed by atoms with Crippen molar-refractivity contribution < 1.29 is 19.2 Å². The molecule has 9 heteroatoms. The second kappa shape index (κ2) is 6.98. The Morgan fingerprint density at radius 3 is 2.47 bits per heavy atom. The lowest BCUT2D eigenvalue weighted by molar-refractivity contribution is -0.141. The lowest BCUT2D eigenvalue weighted by Crippen LogP contribution is -2.51. The Bertz CT molecular complexity index is 399. The van der Waals surface area contributed by atoms with Crippen LogP contribution in [0.4, 0.5) is 4.79 Å². The van der Waals surface area contributed by atoms with E-state index in [-0.39, 0.29) is 17.8 Å². The Kier molecular flexibility index (Phi) is 5.61. The lowest BCUT2D eigenvalue weighted by atomic mass is 10.4. The fourth-order valence-corrected chi connectivity index (χ4v) is 2.12. The molecular formula is C10H16N4O4S. The molecule has 1 aliphatic heterocycles. The monoisotopic (exact) mass is 288 g/mol. The summed E-state index contributed by atoms with van der Waals surface area (Å²) in [4.78, 5) is 46.5. The van der Waals surface area contributed by atoms with E-state index in [0.29, 0.717) is 12.3 Å². The topological polar surface area (TPSA) is 108 Å². The summed E-state index contributed by atoms with van der Waals surface area (Å²) in [6.45, 7) is 3.78. The Balaban J connectivity index is 2.28. The Labute approximate surface area is 114 Å². The van der Waals surface area contributed by atoms with Gasteiger partial charge in [0.05, 0.1) is 0 Å². The van der Waals surface area contributed by atoms with Crippen molar-refractivity contribution in [3.05, 3.63) is 0 Å². The van der Waals surface area contributed by atoms with Gasteiger partial charge in [-0.25, -0.2) is 0 Å². The van der Waals surface area contributed by atoms with Crippen LogP contribution in [0.2, 0.25) is 0 Å². The Morgan fingerprint density at radius 2 is 1.95 bits per heavy atom. The number of hydrogen-bond acceptors (Lipinski definition) is 5. The van der Waals surface area contributed by atoms with Crippen molar-refractivity contribution in [1.29, 1.82) is 0 Å². The fourth-order valence-electron chi connectivity index (χ4n) is 1.29. The van der Waals surface area contributed by atoms with E-state index >= 15 is 0 Å². The number of rotatable bonds is 3. The zero-order chi connectivity index (χ0) is 14.4. The molecule has 1 rings (SSSR count). The summed E-state index contributed by atoms with van der Waals surface area (Å²) in [6.07, 6.45) is 0. The van der Waals surface area contributed by atoms with Crippen LogP contribution in [0, 0.1) is 0 Å². The van der Waals surface area contributed by atoms with Crippen molar-refractivity contribution in [2.45, 2.75) is 19.9 Å². The zero-order valence-corrected chi connectivity index (χ0v) is 11.5. The van der Waals surface area contributed by atoms with Crippen molar-refractivity contribution in [3.63, 3.8) is 0 Å². The highest BCUT2D eigenvalue weighted by Gasteiger charge is 2.23. The molecule has 0 unspecified atom stereocenters. The summed E-state index contributed by atoms with van der Waals surface area (Å²) in [6, 6.07) is -0.173. The number of hydrogen-bond donors (Lipinski definition) is 3. The normalized spacial score (nSPS) is 14.5. The maximum Gasteiger partial charge on any atom is 0.327 e. The van der Waals surface area contributed by atoms with E-state index in [0.717, 1.165) is 11.8 Å². The van der Waals surface area contributed by atoms with Crippen LogP contribution in [-0.2, 0) is 14.4 Å². The van der Waals surface area contributed by atoms with Crippen LogP contribution < -0.4 is 16.2 Å². The van der Waals surface area contributed by atoms with E-state index in [1.165, 1.54) is 4.90 Å². The average Bonchev–Trinajstić information content (AvgIpc) is 2.71. The van der Waals surface area contributed by atoms with Crippen molar-refractivity contribution in [3.8, 4) is 0 Å². The van der Waals surface area contributed by atoms with Crippen molar-refractivity contribution in [2.75, 3.05) is 18.8 Å². The maximum atomic E-state index is 11.4. The van der Waals surface area contributed by atoms with Crippen LogP contribution in [0.1, 0.15) is 13.8 Å². The molecule has 0 radical (unpaired) electrons. The Morgan fingerprint density at radius 1 is 1.26 bits per heavy atom. The number of amides is 4. The highest BCUT2D eigenvalue weighted by Crippen LogP contribution is 2.16. The minimum Gasteiger partial charge on any atom is -0.346 e. The largest absolute Gasteiger partial charge is 0.346 e. The summed E-state index contributed by atoms with van der Waals surface area (Å²) in [7, 11) is 0. The van der Waals surface area contributed by atoms with Gasteiger partial charge >= 0.3 is 11.8 Å². The zero-order valence-electron chi connectivity index (χ0n) is 10.7. The Hall–Kier alpha value is -1.77. The van der Waals surface area contributed by atoms with Crippen LogP contribution in [0.3, 0.4) is 0 Å². The standard InChI is InChI=1S/C10H16N4O4S/c1-6(2)11-8(16)9(17)13-12-7(15)5-14-3-4-19-10(14)18/h6H,3-5H2,1-2H3,(H,11,16)(H,12,15)(H,13,17). The summed E-state index contributed by atoms with van der Waals surface area (Å²) in [5, 5.41) is 2.21. The molecule has 0 saturated carbocycles. The van der Waals surface area contributed by atoms with E-state index in [4.69, 9.17) is 0 Å². The van der Waals surface area contributed by atoms with Crippen molar-refractivity contribution in [1.82, 2.24) is 21.1 Å². The highest BCUT2D eigenvalue weighted by atomic mass is 32.2. The lowest BCUT2D eigenvalue weighted by Gasteiger charge is -2.14. The van der Waals surface area contributed by atoms with Gasteiger partial charge in [-0.1, -0.05) is 11.8 Å². The number of carbonyl (C=O) groups excluding carboxylic acids is 4. The molecule has 1 heterocycles. The van der Waals surface area contributed by atoms with Gasteiger partial charge in [-0.15, -0.1) is 0 Å². The van der Waals surface area contributed by atoms with Crippen molar-refractivity contribution in [2.24, 2.45) is 0 Å². The third-order valence-corrected chi connectivity index (χ3v) is 3.01. The maximum absolute atomic E-state index is 11.4. The van der Waals surface area contributed by atoms with E-state index in [9.17, 15) is 19.2 Å². The molecule has 0 aliphatic carbocycles. The number of nitrogens with zero attached hydrogens (tertiary/aromatic N) is 1. The molecule has 1 fully saturated rings. The van der Waals surface area contributed by atoms with Gasteiger partial charge in [0.2, 0.25) is 0 Å².